The van der Waals surface area contributed by atoms with Crippen molar-refractivity contribution >= 4 is 0 Å². The highest BCUT2D eigenvalue weighted by Crippen LogP contribution is 2.48. The molecule has 0 spiro atoms. The van der Waals surface area contributed by atoms with Crippen LogP contribution in [-0.4, -0.2) is 75.6 Å². The predicted molar refractivity (Wildman–Crippen MR) is 263 cm³/mol. The van der Waals surface area contributed by atoms with Crippen LogP contribution in [0.5, 0.6) is 0 Å². The van der Waals surface area contributed by atoms with Crippen LogP contribution in [0.2, 0.25) is 0 Å². The van der Waals surface area contributed by atoms with Gasteiger partial charge in [0.2, 0.25) is 0 Å². The Hall–Kier alpha value is -3.66. The van der Waals surface area contributed by atoms with Crippen LogP contribution >= 0.6 is 0 Å². The fraction of sp³-hybridized carbons (Fsp3) is 0.536. The Kier molecular flexibility index (Phi) is 21.9. The van der Waals surface area contributed by atoms with Crippen molar-refractivity contribution < 1.29 is 35.0 Å². The van der Waals surface area contributed by atoms with Crippen LogP contribution in [0.3, 0.4) is 0 Å². The molecule has 0 amide bonds. The minimum Gasteiger partial charge on any atom is -0.394 e. The van der Waals surface area contributed by atoms with E-state index in [2.05, 4.69) is 179 Å². The minimum absolute atomic E-state index is 0.0199. The van der Waals surface area contributed by atoms with Gasteiger partial charge in [0.1, 0.15) is 24.4 Å². The first-order valence-corrected chi connectivity index (χ1v) is 23.0. The van der Waals surface area contributed by atoms with Gasteiger partial charge in [-0.2, -0.15) is 0 Å². The third-order valence-electron chi connectivity index (χ3n) is 13.5. The summed E-state index contributed by atoms with van der Waals surface area (Å²) in [5.41, 5.74) is 8.77. The van der Waals surface area contributed by atoms with E-state index in [0.717, 1.165) is 36.8 Å². The highest BCUT2D eigenvalue weighted by molar-refractivity contribution is 5.33. The number of ether oxygens (including phenoxy) is 2. The average molecular weight is 867 g/mol. The Labute approximate surface area is 381 Å². The summed E-state index contributed by atoms with van der Waals surface area (Å²) < 4.78 is 11.3. The monoisotopic (exact) mass is 867 g/mol. The molecule has 7 heteroatoms. The lowest BCUT2D eigenvalue weighted by Gasteiger charge is -2.43. The van der Waals surface area contributed by atoms with Gasteiger partial charge in [-0.3, -0.25) is 0 Å². The molecule has 10 atom stereocenters. The molecule has 0 bridgehead atoms. The maximum atomic E-state index is 10.3. The van der Waals surface area contributed by atoms with Crippen LogP contribution in [0, 0.1) is 34.5 Å². The summed E-state index contributed by atoms with van der Waals surface area (Å²) in [6.07, 6.45) is 38.5. The molecule has 0 aromatic heterocycles. The highest BCUT2D eigenvalue weighted by atomic mass is 16.7. The molecule has 10 unspecified atom stereocenters. The van der Waals surface area contributed by atoms with Crippen molar-refractivity contribution in [3.8, 4) is 0 Å². The lowest BCUT2D eigenvalue weighted by Crippen LogP contribution is -2.59. The van der Waals surface area contributed by atoms with E-state index in [4.69, 9.17) is 9.47 Å². The maximum absolute atomic E-state index is 10.3. The predicted octanol–water partition coefficient (Wildman–Crippen LogP) is 11.2. The summed E-state index contributed by atoms with van der Waals surface area (Å²) >= 11 is 0. The molecule has 1 heterocycles. The molecule has 5 N–H and O–H groups in total. The third-order valence-corrected chi connectivity index (χ3v) is 13.5. The Bertz CT molecular complexity index is 1880. The Morgan fingerprint density at radius 2 is 1.14 bits per heavy atom. The molecule has 3 aliphatic rings. The van der Waals surface area contributed by atoms with E-state index in [1.54, 1.807) is 0 Å². The zero-order valence-electron chi connectivity index (χ0n) is 40.5. The third kappa shape index (κ3) is 16.4. The van der Waals surface area contributed by atoms with Crippen LogP contribution in [0.15, 0.2) is 154 Å². The van der Waals surface area contributed by atoms with Crippen LogP contribution in [-0.2, 0) is 9.47 Å². The highest BCUT2D eigenvalue weighted by Gasteiger charge is 2.44. The summed E-state index contributed by atoms with van der Waals surface area (Å²) in [5, 5.41) is 49.4. The van der Waals surface area contributed by atoms with E-state index in [0.29, 0.717) is 23.7 Å². The molecular formula is C56H82O7. The Balaban J connectivity index is 1.50. The number of aliphatic hydroxyl groups excluding tert-OH is 5. The summed E-state index contributed by atoms with van der Waals surface area (Å²) in [6, 6.07) is 0. The van der Waals surface area contributed by atoms with Gasteiger partial charge in [-0.15, -0.1) is 0 Å². The molecule has 63 heavy (non-hydrogen) atoms. The molecule has 1 fully saturated rings. The smallest absolute Gasteiger partial charge is 0.187 e. The molecular weight excluding hydrogens is 785 g/mol. The van der Waals surface area contributed by atoms with Gasteiger partial charge in [0, 0.05) is 11.8 Å². The maximum Gasteiger partial charge on any atom is 0.187 e. The van der Waals surface area contributed by atoms with Gasteiger partial charge in [-0.05, 0) is 104 Å². The van der Waals surface area contributed by atoms with E-state index in [1.165, 1.54) is 27.9 Å². The molecule has 1 aliphatic heterocycles. The van der Waals surface area contributed by atoms with E-state index >= 15 is 0 Å². The average Bonchev–Trinajstić information content (AvgIpc) is 3.22. The number of rotatable bonds is 19. The zero-order chi connectivity index (χ0) is 46.9. The molecule has 348 valence electrons. The standard InChI is InChI=1S/C56H82O7/c1-38(18-13-14-19-39(2)21-16-23-41(4)28-35-49-44(7)30-33-47(56(49,11)12)31-26-42(5)36-57)20-15-22-40(3)27-34-48-43(6)29-32-46(55(48,9)10)25-17-24-45(8)62-54-53(61)52(60)51(59)50(37-58)63-54/h13-24,26-30,34-35,45-54,57-61H,25,31-33,36-37H2,1-12H3. The zero-order valence-corrected chi connectivity index (χ0v) is 40.5. The fourth-order valence-corrected chi connectivity index (χ4v) is 8.91. The molecule has 0 radical (unpaired) electrons. The van der Waals surface area contributed by atoms with Gasteiger partial charge in [0.15, 0.2) is 6.29 Å². The van der Waals surface area contributed by atoms with E-state index in [-0.39, 0.29) is 17.4 Å². The van der Waals surface area contributed by atoms with Crippen LogP contribution in [0.4, 0.5) is 0 Å². The number of hydrogen-bond donors (Lipinski definition) is 5. The summed E-state index contributed by atoms with van der Waals surface area (Å²) in [4.78, 5) is 0. The topological polar surface area (TPSA) is 120 Å². The van der Waals surface area contributed by atoms with Crippen molar-refractivity contribution in [3.05, 3.63) is 154 Å². The van der Waals surface area contributed by atoms with Crippen molar-refractivity contribution in [3.63, 3.8) is 0 Å². The molecule has 0 aromatic carbocycles. The first kappa shape index (κ1) is 53.7. The van der Waals surface area contributed by atoms with Gasteiger partial charge in [-0.25, -0.2) is 0 Å². The SMILES string of the molecule is CC(C=CC=C(C)C=CC1C(C)=CCC(CC=CC(C)OC2OC(CO)C(O)C(O)C2O)C1(C)C)=CC=CC=C(C)C=CC=C(C)C=CC1C(C)=CCC(CC=C(C)CO)C1(C)C. The van der Waals surface area contributed by atoms with Gasteiger partial charge >= 0.3 is 0 Å². The Morgan fingerprint density at radius 1 is 0.683 bits per heavy atom. The van der Waals surface area contributed by atoms with Crippen molar-refractivity contribution in [1.29, 1.82) is 0 Å². The lowest BCUT2D eigenvalue weighted by molar-refractivity contribution is -0.306. The normalized spacial score (nSPS) is 31.1. The summed E-state index contributed by atoms with van der Waals surface area (Å²) in [5.74, 6) is 1.63. The van der Waals surface area contributed by atoms with E-state index in [9.17, 15) is 25.5 Å². The minimum atomic E-state index is -1.46. The van der Waals surface area contributed by atoms with Gasteiger partial charge in [0.25, 0.3) is 0 Å². The second kappa shape index (κ2) is 25.7. The molecule has 0 aromatic rings. The van der Waals surface area contributed by atoms with Crippen LogP contribution in [0.25, 0.3) is 0 Å². The van der Waals surface area contributed by atoms with Crippen LogP contribution < -0.4 is 0 Å². The van der Waals surface area contributed by atoms with Gasteiger partial charge in [-0.1, -0.05) is 182 Å². The molecule has 7 nitrogen and oxygen atoms in total. The van der Waals surface area contributed by atoms with Gasteiger partial charge < -0.3 is 35.0 Å². The quantitative estimate of drug-likeness (QED) is 0.0648. The second-order valence-corrected chi connectivity index (χ2v) is 19.5. The van der Waals surface area contributed by atoms with Gasteiger partial charge in [0.05, 0.1) is 19.3 Å². The first-order chi connectivity index (χ1) is 29.7. The summed E-state index contributed by atoms with van der Waals surface area (Å²) in [7, 11) is 0. The van der Waals surface area contributed by atoms with Crippen molar-refractivity contribution in [2.24, 2.45) is 34.5 Å². The molecule has 2 aliphatic carbocycles. The number of hydrogen-bond acceptors (Lipinski definition) is 7. The number of allylic oxidation sites excluding steroid dienone is 24. The fourth-order valence-electron chi connectivity index (χ4n) is 8.91. The van der Waals surface area contributed by atoms with E-state index in [1.807, 2.05) is 19.9 Å². The number of aliphatic hydroxyl groups is 5. The molecule has 3 rings (SSSR count). The Morgan fingerprint density at radius 3 is 1.62 bits per heavy atom. The van der Waals surface area contributed by atoms with Crippen molar-refractivity contribution in [1.82, 2.24) is 0 Å². The molecule has 1 saturated heterocycles. The summed E-state index contributed by atoms with van der Waals surface area (Å²) in [6.45, 7) is 25.9. The largest absolute Gasteiger partial charge is 0.394 e. The first-order valence-electron chi connectivity index (χ1n) is 23.0. The molecule has 0 saturated carbocycles. The lowest BCUT2D eigenvalue weighted by atomic mass is 9.61. The van der Waals surface area contributed by atoms with Crippen molar-refractivity contribution in [2.45, 2.75) is 146 Å². The van der Waals surface area contributed by atoms with Crippen LogP contribution in [0.1, 0.15) is 109 Å². The van der Waals surface area contributed by atoms with E-state index < -0.39 is 43.4 Å². The van der Waals surface area contributed by atoms with Crippen molar-refractivity contribution in [2.75, 3.05) is 13.2 Å². The second-order valence-electron chi connectivity index (χ2n) is 19.5.